The van der Waals surface area contributed by atoms with Crippen molar-refractivity contribution in [2.45, 2.75) is 66.2 Å². The van der Waals surface area contributed by atoms with Crippen LogP contribution in [0.3, 0.4) is 0 Å². The van der Waals surface area contributed by atoms with Gasteiger partial charge in [0.25, 0.3) is 0 Å². The molecule has 0 aliphatic carbocycles. The summed E-state index contributed by atoms with van der Waals surface area (Å²) in [6.07, 6.45) is 6.60. The Labute approximate surface area is 118 Å². The van der Waals surface area contributed by atoms with Crippen LogP contribution in [0.1, 0.15) is 66.2 Å². The molecule has 110 valence electrons. The molecule has 1 saturated heterocycles. The Morgan fingerprint density at radius 3 is 2.47 bits per heavy atom. The van der Waals surface area contributed by atoms with Gasteiger partial charge >= 0.3 is 0 Å². The second-order valence-corrected chi connectivity index (χ2v) is 5.53. The van der Waals surface area contributed by atoms with Gasteiger partial charge in [0, 0.05) is 19.4 Å². The molecule has 2 amide bonds. The van der Waals surface area contributed by atoms with Crippen LogP contribution in [0.5, 0.6) is 0 Å². The molecule has 1 aliphatic rings. The number of nitrogens with zero attached hydrogens (tertiary/aromatic N) is 1. The Morgan fingerprint density at radius 1 is 1.37 bits per heavy atom. The molecular formula is C16H29NO2. The third-order valence-corrected chi connectivity index (χ3v) is 3.42. The third kappa shape index (κ3) is 6.55. The third-order valence-electron chi connectivity index (χ3n) is 3.42. The van der Waals surface area contributed by atoms with Crippen LogP contribution >= 0.6 is 0 Å². The molecular weight excluding hydrogens is 238 g/mol. The van der Waals surface area contributed by atoms with E-state index in [4.69, 9.17) is 0 Å². The predicted molar refractivity (Wildman–Crippen MR) is 79.7 cm³/mol. The van der Waals surface area contributed by atoms with Crippen molar-refractivity contribution in [1.29, 1.82) is 0 Å². The number of imide groups is 1. The number of hydrogen-bond donors (Lipinski definition) is 0. The highest BCUT2D eigenvalue weighted by Gasteiger charge is 2.27. The largest absolute Gasteiger partial charge is 0.283 e. The maximum atomic E-state index is 11.9. The minimum absolute atomic E-state index is 0.000761. The Bertz CT molecular complexity index is 308. The predicted octanol–water partition coefficient (Wildman–Crippen LogP) is 3.93. The molecule has 0 unspecified atom stereocenters. The summed E-state index contributed by atoms with van der Waals surface area (Å²) < 4.78 is 0. The fourth-order valence-electron chi connectivity index (χ4n) is 2.11. The number of hydrogen-bond acceptors (Lipinski definition) is 2. The summed E-state index contributed by atoms with van der Waals surface area (Å²) in [6, 6.07) is 0. The molecule has 0 bridgehead atoms. The number of rotatable bonds is 6. The fraction of sp³-hybridized carbons (Fsp3) is 0.750. The number of likely N-dealkylation sites (tertiary alicyclic amines) is 1. The minimum Gasteiger partial charge on any atom is -0.283 e. The smallest absolute Gasteiger partial charge is 0.229 e. The van der Waals surface area contributed by atoms with Gasteiger partial charge in [-0.1, -0.05) is 33.8 Å². The zero-order valence-electron chi connectivity index (χ0n) is 13.0. The molecule has 0 spiro atoms. The second kappa shape index (κ2) is 8.89. The van der Waals surface area contributed by atoms with Crippen LogP contribution in [0.4, 0.5) is 0 Å². The van der Waals surface area contributed by atoms with Crippen molar-refractivity contribution in [3.63, 3.8) is 0 Å². The van der Waals surface area contributed by atoms with Gasteiger partial charge in [-0.2, -0.15) is 0 Å². The van der Waals surface area contributed by atoms with E-state index in [0.29, 0.717) is 19.4 Å². The second-order valence-electron chi connectivity index (χ2n) is 5.53. The van der Waals surface area contributed by atoms with Crippen molar-refractivity contribution in [1.82, 2.24) is 4.90 Å². The van der Waals surface area contributed by atoms with Gasteiger partial charge in [-0.15, -0.1) is 6.58 Å². The number of carbonyl (C=O) groups excluding carboxylic acids is 2. The van der Waals surface area contributed by atoms with Gasteiger partial charge < -0.3 is 0 Å². The van der Waals surface area contributed by atoms with E-state index in [0.717, 1.165) is 25.7 Å². The van der Waals surface area contributed by atoms with E-state index in [1.165, 1.54) is 4.90 Å². The molecule has 1 aliphatic heterocycles. The van der Waals surface area contributed by atoms with Crippen molar-refractivity contribution in [2.24, 2.45) is 5.41 Å². The van der Waals surface area contributed by atoms with E-state index in [-0.39, 0.29) is 17.2 Å². The average molecular weight is 267 g/mol. The summed E-state index contributed by atoms with van der Waals surface area (Å²) in [6.45, 7) is 12.7. The van der Waals surface area contributed by atoms with Crippen molar-refractivity contribution in [3.05, 3.63) is 12.7 Å². The van der Waals surface area contributed by atoms with Crippen LogP contribution in [0.25, 0.3) is 0 Å². The highest BCUT2D eigenvalue weighted by molar-refractivity contribution is 5.96. The fourth-order valence-corrected chi connectivity index (χ4v) is 2.11. The maximum Gasteiger partial charge on any atom is 0.229 e. The maximum absolute atomic E-state index is 11.9. The highest BCUT2D eigenvalue weighted by atomic mass is 16.2. The van der Waals surface area contributed by atoms with Crippen LogP contribution in [0, 0.1) is 5.41 Å². The van der Waals surface area contributed by atoms with Gasteiger partial charge in [-0.25, -0.2) is 0 Å². The number of amides is 2. The minimum atomic E-state index is -0.00102. The summed E-state index contributed by atoms with van der Waals surface area (Å²) in [7, 11) is 0. The molecule has 1 rings (SSSR count). The van der Waals surface area contributed by atoms with Gasteiger partial charge in [0.15, 0.2) is 0 Å². The highest BCUT2D eigenvalue weighted by Crippen LogP contribution is 2.29. The lowest BCUT2D eigenvalue weighted by atomic mass is 9.83. The molecule has 1 fully saturated rings. The average Bonchev–Trinajstić information content (AvgIpc) is 2.82. The first-order chi connectivity index (χ1) is 8.96. The van der Waals surface area contributed by atoms with E-state index >= 15 is 0 Å². The molecule has 0 aromatic heterocycles. The van der Waals surface area contributed by atoms with E-state index in [1.807, 2.05) is 19.9 Å². The molecule has 0 atom stereocenters. The van der Waals surface area contributed by atoms with Crippen LogP contribution in [0.15, 0.2) is 12.7 Å². The van der Waals surface area contributed by atoms with Crippen molar-refractivity contribution in [3.8, 4) is 0 Å². The summed E-state index contributed by atoms with van der Waals surface area (Å²) >= 11 is 0. The Hall–Kier alpha value is -1.12. The van der Waals surface area contributed by atoms with Crippen molar-refractivity contribution in [2.75, 3.05) is 6.54 Å². The van der Waals surface area contributed by atoms with Crippen LogP contribution < -0.4 is 0 Å². The molecule has 3 heteroatoms. The van der Waals surface area contributed by atoms with Crippen LogP contribution in [-0.4, -0.2) is 23.3 Å². The van der Waals surface area contributed by atoms with Crippen molar-refractivity contribution >= 4 is 11.8 Å². The molecule has 3 nitrogen and oxygen atoms in total. The zero-order valence-corrected chi connectivity index (χ0v) is 13.0. The lowest BCUT2D eigenvalue weighted by molar-refractivity contribution is -0.142. The van der Waals surface area contributed by atoms with E-state index in [2.05, 4.69) is 20.4 Å². The molecule has 1 heterocycles. The van der Waals surface area contributed by atoms with Gasteiger partial charge in [0.2, 0.25) is 11.8 Å². The lowest BCUT2D eigenvalue weighted by Gasteiger charge is -2.24. The van der Waals surface area contributed by atoms with Crippen LogP contribution in [0.2, 0.25) is 0 Å². The lowest BCUT2D eigenvalue weighted by Crippen LogP contribution is -2.32. The molecule has 0 radical (unpaired) electrons. The van der Waals surface area contributed by atoms with Crippen LogP contribution in [-0.2, 0) is 9.59 Å². The summed E-state index contributed by atoms with van der Waals surface area (Å²) in [5.41, 5.74) is 0.145. The Balaban J connectivity index is 0.00000154. The summed E-state index contributed by atoms with van der Waals surface area (Å²) in [5, 5.41) is 0. The topological polar surface area (TPSA) is 37.4 Å². The molecule has 0 saturated carbocycles. The Morgan fingerprint density at radius 2 is 2.00 bits per heavy atom. The first kappa shape index (κ1) is 17.9. The van der Waals surface area contributed by atoms with Crippen molar-refractivity contribution < 1.29 is 9.59 Å². The molecule has 0 N–H and O–H groups in total. The molecule has 19 heavy (non-hydrogen) atoms. The first-order valence-electron chi connectivity index (χ1n) is 7.40. The van der Waals surface area contributed by atoms with Gasteiger partial charge in [-0.3, -0.25) is 14.5 Å². The summed E-state index contributed by atoms with van der Waals surface area (Å²) in [4.78, 5) is 24.7. The monoisotopic (exact) mass is 267 g/mol. The molecule has 0 aromatic rings. The standard InChI is InChI=1S/C14H23NO2.C2H6/c1-4-5-9-14(2,3)10-8-13(17)15-11-6-7-12(15)16;1-2/h4H,1,5-11H2,2-3H3;1-2H3. The van der Waals surface area contributed by atoms with Gasteiger partial charge in [-0.05, 0) is 31.1 Å². The Kier molecular flexibility index (Phi) is 8.37. The SMILES string of the molecule is C=CCCC(C)(C)CCC(=O)N1CCCC1=O.CC. The van der Waals surface area contributed by atoms with E-state index in [1.54, 1.807) is 0 Å². The van der Waals surface area contributed by atoms with Gasteiger partial charge in [0.05, 0.1) is 0 Å². The van der Waals surface area contributed by atoms with E-state index in [9.17, 15) is 9.59 Å². The normalized spacial score (nSPS) is 14.9. The zero-order chi connectivity index (χ0) is 14.9. The number of carbonyl (C=O) groups is 2. The molecule has 0 aromatic carbocycles. The quantitative estimate of drug-likeness (QED) is 0.684. The number of allylic oxidation sites excluding steroid dienone is 1. The summed E-state index contributed by atoms with van der Waals surface area (Å²) in [5.74, 6) is -0.00178. The first-order valence-corrected chi connectivity index (χ1v) is 7.40. The van der Waals surface area contributed by atoms with Gasteiger partial charge in [0.1, 0.15) is 0 Å². The van der Waals surface area contributed by atoms with E-state index < -0.39 is 0 Å².